The molecule has 32 heteroatoms. The highest BCUT2D eigenvalue weighted by molar-refractivity contribution is 5.94. The molecule has 0 radical (unpaired) electrons. The van der Waals surface area contributed by atoms with Gasteiger partial charge in [-0.2, -0.15) is 0 Å². The standard InChI is InChI=1S/C56H91N5O27/c1-6-7-8-9-10-11-12-13-14-18-79-30-17-15-16-29(19-30)51(77)61-37-42(72)41(71)31(20-62)81-53(37)86-48-33(22-64)83-55(39(44(48)74)59-27(4)69)88-50-35(24-66)84-56(40(46(50)76)60-28(5)70)87-49-34(23-65)82-54(38(45(49)75)58-26(3)68)85-47-32(21-63)80-52(78)36(43(47)73)57-25(2)67/h15-17,19,31-50,52-56,62-66,71-76,78H,6-14,18,20-24H2,1-5H3,(H,57,67)(H,58,68)(H,59,69)(H,60,70)(H,61,77)/t31?,32?,33?,34?,35?,36-,37-,38?,39?,40-,41+,42?,43+,44?,45?,46+,47?,48+,49+,50?,52?,53-,54?,55?,56-/m0/s1. The summed E-state index contributed by atoms with van der Waals surface area (Å²) in [6, 6.07) is -2.10. The summed E-state index contributed by atoms with van der Waals surface area (Å²) in [4.78, 5) is 64.1. The molecule has 5 amide bonds. The highest BCUT2D eigenvalue weighted by Gasteiger charge is 2.58. The summed E-state index contributed by atoms with van der Waals surface area (Å²) < 4.78 is 59.9. The number of hydrogen-bond acceptors (Lipinski definition) is 27. The Kier molecular flexibility index (Phi) is 28.7. The largest absolute Gasteiger partial charge is 0.494 e. The first-order valence-corrected chi connectivity index (χ1v) is 29.8. The summed E-state index contributed by atoms with van der Waals surface area (Å²) in [6.45, 7) is 2.10. The Labute approximate surface area is 508 Å². The number of carbonyl (C=O) groups excluding carboxylic acids is 5. The summed E-state index contributed by atoms with van der Waals surface area (Å²) in [6.07, 6.45) is -25.8. The van der Waals surface area contributed by atoms with Crippen LogP contribution in [-0.2, 0) is 61.8 Å². The Balaban J connectivity index is 1.18. The van der Waals surface area contributed by atoms with Crippen LogP contribution in [0, 0.1) is 0 Å². The number of carbonyl (C=O) groups is 5. The molecule has 5 heterocycles. The van der Waals surface area contributed by atoms with Crippen molar-refractivity contribution in [2.45, 2.75) is 246 Å². The zero-order chi connectivity index (χ0) is 64.5. The van der Waals surface area contributed by atoms with Crippen molar-refractivity contribution in [2.24, 2.45) is 0 Å². The van der Waals surface area contributed by atoms with E-state index in [9.17, 15) is 85.3 Å². The number of aliphatic hydroxyl groups excluding tert-OH is 12. The third-order valence-corrected chi connectivity index (χ3v) is 15.9. The van der Waals surface area contributed by atoms with Crippen molar-refractivity contribution in [3.63, 3.8) is 0 Å². The minimum absolute atomic E-state index is 0.0716. The molecule has 88 heavy (non-hydrogen) atoms. The quantitative estimate of drug-likeness (QED) is 0.0319. The van der Waals surface area contributed by atoms with Crippen molar-refractivity contribution in [1.82, 2.24) is 26.6 Å². The van der Waals surface area contributed by atoms with Crippen LogP contribution in [0.4, 0.5) is 0 Å². The van der Waals surface area contributed by atoms with Crippen molar-refractivity contribution >= 4 is 29.5 Å². The van der Waals surface area contributed by atoms with Crippen molar-refractivity contribution in [1.29, 1.82) is 0 Å². The molecule has 6 rings (SSSR count). The summed E-state index contributed by atoms with van der Waals surface area (Å²) in [5.74, 6) is -3.50. The Morgan fingerprint density at radius 2 is 0.761 bits per heavy atom. The van der Waals surface area contributed by atoms with E-state index in [1.807, 2.05) is 0 Å². The number of nitrogens with one attached hydrogen (secondary N) is 5. The van der Waals surface area contributed by atoms with Crippen LogP contribution in [0.5, 0.6) is 5.75 Å². The van der Waals surface area contributed by atoms with Crippen LogP contribution in [0.2, 0.25) is 0 Å². The summed E-state index contributed by atoms with van der Waals surface area (Å²) in [5, 5.41) is 145. The van der Waals surface area contributed by atoms with Crippen molar-refractivity contribution in [3.8, 4) is 5.75 Å². The first kappa shape index (κ1) is 72.6. The van der Waals surface area contributed by atoms with Crippen LogP contribution >= 0.6 is 0 Å². The maximum absolute atomic E-state index is 13.9. The third kappa shape index (κ3) is 18.8. The number of rotatable bonds is 30. The molecule has 0 saturated carbocycles. The lowest BCUT2D eigenvalue weighted by molar-refractivity contribution is -0.367. The van der Waals surface area contributed by atoms with Crippen LogP contribution in [-0.4, -0.2) is 284 Å². The second-order valence-corrected chi connectivity index (χ2v) is 22.6. The van der Waals surface area contributed by atoms with E-state index < -0.39 is 216 Å². The van der Waals surface area contributed by atoms with Gasteiger partial charge in [0.25, 0.3) is 5.91 Å². The highest BCUT2D eigenvalue weighted by Crippen LogP contribution is 2.36. The monoisotopic (exact) mass is 1270 g/mol. The number of benzene rings is 1. The SMILES string of the molecule is CCCCCCCCCCCOc1cccc(C(=O)N[C@H]2C(O)[C@H](O)C(CO)O[C@H]2O[C@@H]2C(CO)OC(OC3C(CO)O[C@@H](O[C@@H]4C(CO)OC(OC5C(CO)OC(O)[C@@H](NC(C)=O)[C@H]5O)C(NC(C)=O)C4O)[C@@H](NC(C)=O)[C@H]3O)C(NC(C)=O)C2O)c1. The maximum Gasteiger partial charge on any atom is 0.251 e. The Hall–Kier alpha value is -4.47. The second-order valence-electron chi connectivity index (χ2n) is 22.6. The van der Waals surface area contributed by atoms with Gasteiger partial charge in [-0.1, -0.05) is 64.4 Å². The van der Waals surface area contributed by atoms with Gasteiger partial charge >= 0.3 is 0 Å². The number of unbranched alkanes of at least 4 members (excludes halogenated alkanes) is 8. The van der Waals surface area contributed by atoms with E-state index in [4.69, 9.17) is 47.4 Å². The fraction of sp³-hybridized carbons (Fsp3) is 0.804. The highest BCUT2D eigenvalue weighted by atomic mass is 16.8. The summed E-state index contributed by atoms with van der Waals surface area (Å²) >= 11 is 0. The first-order valence-electron chi connectivity index (χ1n) is 29.8. The molecule has 5 saturated heterocycles. The average molecular weight is 1270 g/mol. The molecule has 0 aliphatic carbocycles. The van der Waals surface area contributed by atoms with Crippen LogP contribution in [0.15, 0.2) is 24.3 Å². The van der Waals surface area contributed by atoms with Gasteiger partial charge in [-0.25, -0.2) is 0 Å². The number of hydrogen-bond donors (Lipinski definition) is 17. The Bertz CT molecular complexity index is 2350. The van der Waals surface area contributed by atoms with Crippen molar-refractivity contribution in [3.05, 3.63) is 29.8 Å². The van der Waals surface area contributed by atoms with E-state index >= 15 is 0 Å². The van der Waals surface area contributed by atoms with Gasteiger partial charge in [0.1, 0.15) is 128 Å². The zero-order valence-electron chi connectivity index (χ0n) is 49.8. The van der Waals surface area contributed by atoms with Gasteiger partial charge in [0, 0.05) is 33.3 Å². The fourth-order valence-corrected chi connectivity index (χ4v) is 11.4. The predicted molar refractivity (Wildman–Crippen MR) is 297 cm³/mol. The van der Waals surface area contributed by atoms with Crippen LogP contribution in [0.3, 0.4) is 0 Å². The molecule has 0 bridgehead atoms. The normalized spacial score (nSPS) is 37.7. The fourth-order valence-electron chi connectivity index (χ4n) is 11.4. The molecule has 17 N–H and O–H groups in total. The van der Waals surface area contributed by atoms with Crippen LogP contribution < -0.4 is 31.3 Å². The van der Waals surface area contributed by atoms with Gasteiger partial charge in [-0.05, 0) is 24.6 Å². The molecule has 25 atom stereocenters. The van der Waals surface area contributed by atoms with Gasteiger partial charge < -0.3 is 135 Å². The minimum Gasteiger partial charge on any atom is -0.494 e. The number of aliphatic hydroxyl groups is 12. The van der Waals surface area contributed by atoms with E-state index in [1.165, 1.54) is 44.2 Å². The maximum atomic E-state index is 13.9. The van der Waals surface area contributed by atoms with Gasteiger partial charge in [0.05, 0.1) is 39.6 Å². The van der Waals surface area contributed by atoms with Crippen LogP contribution in [0.25, 0.3) is 0 Å². The second kappa shape index (κ2) is 34.8. The smallest absolute Gasteiger partial charge is 0.251 e. The molecule has 32 nitrogen and oxygen atoms in total. The molecule has 5 aliphatic heterocycles. The molecular formula is C56H91N5O27. The molecule has 5 fully saturated rings. The predicted octanol–water partition coefficient (Wildman–Crippen LogP) is -6.00. The molecular weight excluding hydrogens is 1170 g/mol. The average Bonchev–Trinajstić information content (AvgIpc) is 0.891. The molecule has 15 unspecified atom stereocenters. The van der Waals surface area contributed by atoms with E-state index in [1.54, 1.807) is 12.1 Å². The van der Waals surface area contributed by atoms with E-state index in [2.05, 4.69) is 33.5 Å². The van der Waals surface area contributed by atoms with Crippen molar-refractivity contribution in [2.75, 3.05) is 39.6 Å². The topological polar surface area (TPSA) is 481 Å². The first-order chi connectivity index (χ1) is 42.0. The lowest BCUT2D eigenvalue weighted by Gasteiger charge is -2.51. The van der Waals surface area contributed by atoms with Crippen molar-refractivity contribution < 1.29 is 133 Å². The van der Waals surface area contributed by atoms with E-state index in [0.29, 0.717) is 12.4 Å². The van der Waals surface area contributed by atoms with Crippen LogP contribution in [0.1, 0.15) is 103 Å². The summed E-state index contributed by atoms with van der Waals surface area (Å²) in [5.41, 5.74) is 0.0716. The molecule has 1 aromatic carbocycles. The van der Waals surface area contributed by atoms with Gasteiger partial charge in [0.15, 0.2) is 31.5 Å². The molecule has 5 aliphatic rings. The molecule has 0 spiro atoms. The van der Waals surface area contributed by atoms with E-state index in [0.717, 1.165) is 53.4 Å². The molecule has 1 aromatic rings. The summed E-state index contributed by atoms with van der Waals surface area (Å²) in [7, 11) is 0. The van der Waals surface area contributed by atoms with Gasteiger partial charge in [0.2, 0.25) is 23.6 Å². The lowest BCUT2D eigenvalue weighted by atomic mass is 9.93. The van der Waals surface area contributed by atoms with Gasteiger partial charge in [-0.15, -0.1) is 0 Å². The Morgan fingerprint density at radius 3 is 1.15 bits per heavy atom. The van der Waals surface area contributed by atoms with Gasteiger partial charge in [-0.3, -0.25) is 24.0 Å². The molecule has 502 valence electrons. The Morgan fingerprint density at radius 1 is 0.420 bits per heavy atom. The minimum atomic E-state index is -2.03. The third-order valence-electron chi connectivity index (χ3n) is 15.9. The zero-order valence-corrected chi connectivity index (χ0v) is 49.8. The number of ether oxygens (including phenoxy) is 10. The number of amides is 5. The van der Waals surface area contributed by atoms with E-state index in [-0.39, 0.29) is 5.56 Å². The molecule has 0 aromatic heterocycles. The lowest BCUT2D eigenvalue weighted by Crippen LogP contribution is -2.72.